The van der Waals surface area contributed by atoms with Crippen molar-refractivity contribution in [2.45, 2.75) is 6.54 Å². The van der Waals surface area contributed by atoms with Crippen molar-refractivity contribution in [3.8, 4) is 11.4 Å². The van der Waals surface area contributed by atoms with Crippen LogP contribution in [0.15, 0.2) is 29.4 Å². The number of rotatable bonds is 4. The lowest BCUT2D eigenvalue weighted by Crippen LogP contribution is -2.03. The average molecular weight is 311 g/mol. The summed E-state index contributed by atoms with van der Waals surface area (Å²) in [5.74, 6) is 1.63. The molecule has 0 atom stereocenters. The van der Waals surface area contributed by atoms with Gasteiger partial charge in [0, 0.05) is 20.3 Å². The van der Waals surface area contributed by atoms with E-state index in [1.165, 1.54) is 6.33 Å². The number of anilines is 1. The van der Waals surface area contributed by atoms with Gasteiger partial charge in [0.1, 0.15) is 12.1 Å². The Labute approximate surface area is 130 Å². The summed E-state index contributed by atoms with van der Waals surface area (Å²) >= 11 is 0. The fourth-order valence-electron chi connectivity index (χ4n) is 2.24. The van der Waals surface area contributed by atoms with Crippen LogP contribution >= 0.6 is 0 Å². The molecule has 1 N–H and O–H groups in total. The minimum Gasteiger partial charge on any atom is -0.360 e. The van der Waals surface area contributed by atoms with Gasteiger partial charge in [0.25, 0.3) is 0 Å². The van der Waals surface area contributed by atoms with E-state index in [1.54, 1.807) is 21.8 Å². The number of hydrogen-bond acceptors (Lipinski definition) is 8. The molecule has 0 aliphatic carbocycles. The second-order valence-electron chi connectivity index (χ2n) is 5.00. The quantitative estimate of drug-likeness (QED) is 0.588. The molecule has 4 rings (SSSR count). The first-order chi connectivity index (χ1) is 11.2. The number of fused-ring (bicyclic) bond motifs is 1. The van der Waals surface area contributed by atoms with Crippen LogP contribution in [-0.2, 0) is 20.6 Å². The number of nitrogens with one attached hydrogen (secondary N) is 1. The Balaban J connectivity index is 1.54. The first-order valence-electron chi connectivity index (χ1n) is 6.89. The summed E-state index contributed by atoms with van der Waals surface area (Å²) < 4.78 is 8.62. The molecule has 0 saturated carbocycles. The van der Waals surface area contributed by atoms with Gasteiger partial charge in [0.2, 0.25) is 11.7 Å². The molecule has 116 valence electrons. The largest absolute Gasteiger partial charge is 0.360 e. The van der Waals surface area contributed by atoms with Crippen molar-refractivity contribution >= 4 is 16.9 Å². The SMILES string of the molecule is Cn1cc(-c2noc(CNc3ncnc4c3cnn4C)n2)cn1. The zero-order valence-electron chi connectivity index (χ0n) is 12.5. The number of aryl methyl sites for hydroxylation is 2. The van der Waals surface area contributed by atoms with Crippen LogP contribution in [0.2, 0.25) is 0 Å². The predicted octanol–water partition coefficient (Wildman–Crippen LogP) is 0.759. The molecular formula is C13H13N9O. The second kappa shape index (κ2) is 5.16. The summed E-state index contributed by atoms with van der Waals surface area (Å²) in [5.41, 5.74) is 1.56. The van der Waals surface area contributed by atoms with Crippen LogP contribution in [0.25, 0.3) is 22.4 Å². The van der Waals surface area contributed by atoms with Gasteiger partial charge in [-0.25, -0.2) is 9.97 Å². The maximum atomic E-state index is 5.24. The third-order valence-corrected chi connectivity index (χ3v) is 3.37. The Bertz CT molecular complexity index is 967. The highest BCUT2D eigenvalue weighted by Gasteiger charge is 2.12. The van der Waals surface area contributed by atoms with E-state index >= 15 is 0 Å². The molecule has 10 heteroatoms. The van der Waals surface area contributed by atoms with E-state index in [9.17, 15) is 0 Å². The molecule has 4 heterocycles. The highest BCUT2D eigenvalue weighted by molar-refractivity contribution is 5.85. The molecule has 0 radical (unpaired) electrons. The summed E-state index contributed by atoms with van der Waals surface area (Å²) in [6, 6.07) is 0. The van der Waals surface area contributed by atoms with E-state index in [-0.39, 0.29) is 0 Å². The van der Waals surface area contributed by atoms with Crippen LogP contribution in [0.4, 0.5) is 5.82 Å². The molecule has 4 aromatic rings. The standard InChI is InChI=1S/C13H13N9O/c1-21-6-8(3-17-21)11-19-10(23-20-11)5-14-12-9-4-18-22(2)13(9)16-7-15-12/h3-4,6-7H,5H2,1-2H3,(H,14,15,16). The van der Waals surface area contributed by atoms with Gasteiger partial charge in [-0.15, -0.1) is 0 Å². The van der Waals surface area contributed by atoms with Crippen LogP contribution < -0.4 is 5.32 Å². The lowest BCUT2D eigenvalue weighted by atomic mass is 10.3. The average Bonchev–Trinajstić information content (AvgIpc) is 3.26. The van der Waals surface area contributed by atoms with Gasteiger partial charge in [-0.3, -0.25) is 9.36 Å². The van der Waals surface area contributed by atoms with Crippen LogP contribution in [-0.4, -0.2) is 39.7 Å². The topological polar surface area (TPSA) is 112 Å². The fraction of sp³-hybridized carbons (Fsp3) is 0.231. The van der Waals surface area contributed by atoms with Crippen molar-refractivity contribution in [2.75, 3.05) is 5.32 Å². The molecular weight excluding hydrogens is 298 g/mol. The molecule has 0 unspecified atom stereocenters. The summed E-state index contributed by atoms with van der Waals surface area (Å²) in [5, 5.41) is 16.2. The normalized spacial score (nSPS) is 11.2. The Morgan fingerprint density at radius 3 is 2.91 bits per heavy atom. The van der Waals surface area contributed by atoms with Crippen LogP contribution in [0.5, 0.6) is 0 Å². The van der Waals surface area contributed by atoms with Crippen molar-refractivity contribution in [3.63, 3.8) is 0 Å². The van der Waals surface area contributed by atoms with Crippen LogP contribution in [0, 0.1) is 0 Å². The lowest BCUT2D eigenvalue weighted by molar-refractivity contribution is 0.384. The van der Waals surface area contributed by atoms with E-state index < -0.39 is 0 Å². The van der Waals surface area contributed by atoms with Crippen molar-refractivity contribution < 1.29 is 4.52 Å². The minimum absolute atomic E-state index is 0.355. The molecule has 0 bridgehead atoms. The molecule has 0 fully saturated rings. The third-order valence-electron chi connectivity index (χ3n) is 3.37. The monoisotopic (exact) mass is 311 g/mol. The van der Waals surface area contributed by atoms with Gasteiger partial charge < -0.3 is 9.84 Å². The predicted molar refractivity (Wildman–Crippen MR) is 80.1 cm³/mol. The van der Waals surface area contributed by atoms with Gasteiger partial charge in [0.05, 0.1) is 29.9 Å². The van der Waals surface area contributed by atoms with E-state index in [0.717, 1.165) is 16.6 Å². The molecule has 4 aromatic heterocycles. The van der Waals surface area contributed by atoms with Gasteiger partial charge in [-0.2, -0.15) is 15.2 Å². The lowest BCUT2D eigenvalue weighted by Gasteiger charge is -2.02. The Morgan fingerprint density at radius 2 is 2.09 bits per heavy atom. The van der Waals surface area contributed by atoms with Gasteiger partial charge in [-0.05, 0) is 0 Å². The summed E-state index contributed by atoms with van der Waals surface area (Å²) in [6.07, 6.45) is 6.71. The maximum absolute atomic E-state index is 5.24. The first kappa shape index (κ1) is 13.4. The van der Waals surface area contributed by atoms with Crippen molar-refractivity contribution in [3.05, 3.63) is 30.8 Å². The minimum atomic E-state index is 0.355. The first-order valence-corrected chi connectivity index (χ1v) is 6.89. The Kier molecular flexibility index (Phi) is 3.00. The third kappa shape index (κ3) is 2.39. The molecule has 10 nitrogen and oxygen atoms in total. The number of nitrogens with zero attached hydrogens (tertiary/aromatic N) is 8. The zero-order chi connectivity index (χ0) is 15.8. The maximum Gasteiger partial charge on any atom is 0.246 e. The molecule has 23 heavy (non-hydrogen) atoms. The molecule has 0 aromatic carbocycles. The Morgan fingerprint density at radius 1 is 1.17 bits per heavy atom. The molecule has 0 amide bonds. The molecule has 0 saturated heterocycles. The van der Waals surface area contributed by atoms with E-state index in [4.69, 9.17) is 4.52 Å². The van der Waals surface area contributed by atoms with Crippen LogP contribution in [0.1, 0.15) is 5.89 Å². The molecule has 0 aliphatic heterocycles. The van der Waals surface area contributed by atoms with Crippen molar-refractivity contribution in [1.29, 1.82) is 0 Å². The van der Waals surface area contributed by atoms with E-state index in [2.05, 4.69) is 35.6 Å². The molecule has 0 spiro atoms. The summed E-state index contributed by atoms with van der Waals surface area (Å²) in [6.45, 7) is 0.355. The van der Waals surface area contributed by atoms with Gasteiger partial charge in [0.15, 0.2) is 5.65 Å². The highest BCUT2D eigenvalue weighted by atomic mass is 16.5. The summed E-state index contributed by atoms with van der Waals surface area (Å²) in [4.78, 5) is 12.8. The summed E-state index contributed by atoms with van der Waals surface area (Å²) in [7, 11) is 3.66. The molecule has 0 aliphatic rings. The number of aromatic nitrogens is 8. The smallest absolute Gasteiger partial charge is 0.246 e. The van der Waals surface area contributed by atoms with Gasteiger partial charge >= 0.3 is 0 Å². The van der Waals surface area contributed by atoms with Crippen molar-refractivity contribution in [2.24, 2.45) is 14.1 Å². The van der Waals surface area contributed by atoms with E-state index in [1.807, 2.05) is 20.3 Å². The zero-order valence-corrected chi connectivity index (χ0v) is 12.5. The second-order valence-corrected chi connectivity index (χ2v) is 5.00. The highest BCUT2D eigenvalue weighted by Crippen LogP contribution is 2.19. The Hall–Kier alpha value is -3.30. The van der Waals surface area contributed by atoms with Crippen LogP contribution in [0.3, 0.4) is 0 Å². The van der Waals surface area contributed by atoms with Crippen molar-refractivity contribution in [1.82, 2.24) is 39.7 Å². The van der Waals surface area contributed by atoms with E-state index in [0.29, 0.717) is 24.1 Å². The fourth-order valence-corrected chi connectivity index (χ4v) is 2.24. The number of hydrogen-bond donors (Lipinski definition) is 1. The van der Waals surface area contributed by atoms with Gasteiger partial charge in [-0.1, -0.05) is 5.16 Å².